The van der Waals surface area contributed by atoms with E-state index in [0.29, 0.717) is 0 Å². The third kappa shape index (κ3) is 1.67. The zero-order chi connectivity index (χ0) is 10.8. The Bertz CT molecular complexity index is 455. The van der Waals surface area contributed by atoms with Gasteiger partial charge in [0.2, 0.25) is 0 Å². The standard InChI is InChI=1S/C13H16N2/c1-4-12-10(2)13(14-15(12)3)11-8-6-5-7-9-11/h5-9H,4H2,1-3H3. The molecule has 0 atom stereocenters. The maximum atomic E-state index is 4.57. The van der Waals surface area contributed by atoms with Gasteiger partial charge < -0.3 is 0 Å². The minimum Gasteiger partial charge on any atom is -0.272 e. The van der Waals surface area contributed by atoms with Crippen LogP contribution in [0.3, 0.4) is 0 Å². The van der Waals surface area contributed by atoms with Crippen LogP contribution in [0.1, 0.15) is 18.2 Å². The molecule has 0 amide bonds. The summed E-state index contributed by atoms with van der Waals surface area (Å²) >= 11 is 0. The zero-order valence-electron chi connectivity index (χ0n) is 9.49. The third-order valence-corrected chi connectivity index (χ3v) is 2.81. The molecule has 0 saturated carbocycles. The average molecular weight is 200 g/mol. The summed E-state index contributed by atoms with van der Waals surface area (Å²) in [5.74, 6) is 0. The summed E-state index contributed by atoms with van der Waals surface area (Å²) in [6.07, 6.45) is 1.03. The summed E-state index contributed by atoms with van der Waals surface area (Å²) < 4.78 is 1.98. The zero-order valence-corrected chi connectivity index (χ0v) is 9.49. The lowest BCUT2D eigenvalue weighted by molar-refractivity contribution is 0.718. The lowest BCUT2D eigenvalue weighted by Crippen LogP contribution is -1.96. The first kappa shape index (κ1) is 9.97. The van der Waals surface area contributed by atoms with Crippen LogP contribution in [-0.2, 0) is 13.5 Å². The van der Waals surface area contributed by atoms with Crippen molar-refractivity contribution in [2.45, 2.75) is 20.3 Å². The predicted octanol–water partition coefficient (Wildman–Crippen LogP) is 2.96. The van der Waals surface area contributed by atoms with E-state index in [1.54, 1.807) is 0 Å². The van der Waals surface area contributed by atoms with Gasteiger partial charge in [0.25, 0.3) is 0 Å². The molecule has 0 unspecified atom stereocenters. The van der Waals surface area contributed by atoms with Crippen LogP contribution in [0.5, 0.6) is 0 Å². The van der Waals surface area contributed by atoms with E-state index in [-0.39, 0.29) is 0 Å². The fraction of sp³-hybridized carbons (Fsp3) is 0.308. The molecule has 0 aliphatic carbocycles. The molecule has 0 N–H and O–H groups in total. The van der Waals surface area contributed by atoms with Crippen LogP contribution in [0.25, 0.3) is 11.3 Å². The summed E-state index contributed by atoms with van der Waals surface area (Å²) in [7, 11) is 2.01. The van der Waals surface area contributed by atoms with Gasteiger partial charge in [-0.1, -0.05) is 37.3 Å². The van der Waals surface area contributed by atoms with E-state index in [1.807, 2.05) is 17.8 Å². The lowest BCUT2D eigenvalue weighted by Gasteiger charge is -1.98. The molecule has 0 radical (unpaired) electrons. The Hall–Kier alpha value is -1.57. The first-order chi connectivity index (χ1) is 7.24. The smallest absolute Gasteiger partial charge is 0.0955 e. The molecule has 1 aromatic heterocycles. The highest BCUT2D eigenvalue weighted by atomic mass is 15.3. The second-order valence-corrected chi connectivity index (χ2v) is 3.76. The van der Waals surface area contributed by atoms with E-state index in [4.69, 9.17) is 0 Å². The van der Waals surface area contributed by atoms with Gasteiger partial charge in [-0.15, -0.1) is 0 Å². The van der Waals surface area contributed by atoms with Crippen molar-refractivity contribution in [2.24, 2.45) is 7.05 Å². The molecule has 1 heterocycles. The van der Waals surface area contributed by atoms with E-state index in [9.17, 15) is 0 Å². The van der Waals surface area contributed by atoms with Crippen LogP contribution in [0.15, 0.2) is 30.3 Å². The van der Waals surface area contributed by atoms with Gasteiger partial charge >= 0.3 is 0 Å². The second-order valence-electron chi connectivity index (χ2n) is 3.76. The van der Waals surface area contributed by atoms with Crippen LogP contribution in [0, 0.1) is 6.92 Å². The number of nitrogens with zero attached hydrogens (tertiary/aromatic N) is 2. The minimum absolute atomic E-state index is 1.03. The van der Waals surface area contributed by atoms with Crippen molar-refractivity contribution < 1.29 is 0 Å². The monoisotopic (exact) mass is 200 g/mol. The van der Waals surface area contributed by atoms with Gasteiger partial charge in [0.05, 0.1) is 5.69 Å². The number of hydrogen-bond donors (Lipinski definition) is 0. The van der Waals surface area contributed by atoms with Crippen molar-refractivity contribution in [3.63, 3.8) is 0 Å². The summed E-state index contributed by atoms with van der Waals surface area (Å²) in [5, 5.41) is 4.57. The molecule has 15 heavy (non-hydrogen) atoms. The molecule has 0 aliphatic rings. The van der Waals surface area contributed by atoms with Crippen LogP contribution < -0.4 is 0 Å². The van der Waals surface area contributed by atoms with Crippen molar-refractivity contribution in [1.82, 2.24) is 9.78 Å². The van der Waals surface area contributed by atoms with E-state index in [1.165, 1.54) is 16.8 Å². The molecule has 0 bridgehead atoms. The normalized spacial score (nSPS) is 10.6. The van der Waals surface area contributed by atoms with Crippen molar-refractivity contribution in [1.29, 1.82) is 0 Å². The average Bonchev–Trinajstić information content (AvgIpc) is 2.55. The molecule has 1 aromatic carbocycles. The second kappa shape index (κ2) is 3.89. The first-order valence-electron chi connectivity index (χ1n) is 5.32. The van der Waals surface area contributed by atoms with Gasteiger partial charge in [0, 0.05) is 18.3 Å². The van der Waals surface area contributed by atoms with Crippen molar-refractivity contribution >= 4 is 0 Å². The lowest BCUT2D eigenvalue weighted by atomic mass is 10.1. The van der Waals surface area contributed by atoms with Gasteiger partial charge in [0.1, 0.15) is 0 Å². The Morgan fingerprint density at radius 3 is 2.40 bits per heavy atom. The van der Waals surface area contributed by atoms with Crippen LogP contribution in [-0.4, -0.2) is 9.78 Å². The molecule has 2 rings (SSSR count). The number of aryl methyl sites for hydroxylation is 1. The summed E-state index contributed by atoms with van der Waals surface area (Å²) in [4.78, 5) is 0. The molecular formula is C13H16N2. The summed E-state index contributed by atoms with van der Waals surface area (Å²) in [6.45, 7) is 4.31. The van der Waals surface area contributed by atoms with Gasteiger partial charge in [-0.2, -0.15) is 5.10 Å². The first-order valence-corrected chi connectivity index (χ1v) is 5.32. The van der Waals surface area contributed by atoms with Crippen LogP contribution in [0.2, 0.25) is 0 Å². The molecule has 2 nitrogen and oxygen atoms in total. The van der Waals surface area contributed by atoms with Crippen LogP contribution >= 0.6 is 0 Å². The Morgan fingerprint density at radius 2 is 1.87 bits per heavy atom. The minimum atomic E-state index is 1.03. The van der Waals surface area contributed by atoms with Crippen LogP contribution in [0.4, 0.5) is 0 Å². The molecule has 2 aromatic rings. The fourth-order valence-corrected chi connectivity index (χ4v) is 2.03. The number of hydrogen-bond acceptors (Lipinski definition) is 1. The Balaban J connectivity index is 2.55. The summed E-state index contributed by atoms with van der Waals surface area (Å²) in [5.41, 5.74) is 4.92. The Labute approximate surface area is 90.6 Å². The quantitative estimate of drug-likeness (QED) is 0.728. The fourth-order valence-electron chi connectivity index (χ4n) is 2.03. The van der Waals surface area contributed by atoms with Gasteiger partial charge in [0.15, 0.2) is 0 Å². The Kier molecular flexibility index (Phi) is 2.58. The van der Waals surface area contributed by atoms with E-state index in [2.05, 4.69) is 43.2 Å². The Morgan fingerprint density at radius 1 is 1.20 bits per heavy atom. The van der Waals surface area contributed by atoms with E-state index in [0.717, 1.165) is 12.1 Å². The maximum Gasteiger partial charge on any atom is 0.0955 e. The molecule has 0 aliphatic heterocycles. The van der Waals surface area contributed by atoms with Gasteiger partial charge in [-0.3, -0.25) is 4.68 Å². The molecule has 0 spiro atoms. The number of rotatable bonds is 2. The van der Waals surface area contributed by atoms with Gasteiger partial charge in [-0.25, -0.2) is 0 Å². The SMILES string of the molecule is CCc1c(C)c(-c2ccccc2)nn1C. The third-order valence-electron chi connectivity index (χ3n) is 2.81. The largest absolute Gasteiger partial charge is 0.272 e. The van der Waals surface area contributed by atoms with E-state index < -0.39 is 0 Å². The highest BCUT2D eigenvalue weighted by Crippen LogP contribution is 2.24. The maximum absolute atomic E-state index is 4.57. The van der Waals surface area contributed by atoms with E-state index >= 15 is 0 Å². The predicted molar refractivity (Wildman–Crippen MR) is 62.8 cm³/mol. The topological polar surface area (TPSA) is 17.8 Å². The molecule has 78 valence electrons. The van der Waals surface area contributed by atoms with Crippen molar-refractivity contribution in [2.75, 3.05) is 0 Å². The summed E-state index contributed by atoms with van der Waals surface area (Å²) in [6, 6.07) is 10.3. The number of aromatic nitrogens is 2. The highest BCUT2D eigenvalue weighted by molar-refractivity contribution is 5.63. The van der Waals surface area contributed by atoms with Crippen molar-refractivity contribution in [3.05, 3.63) is 41.6 Å². The molecule has 0 saturated heterocycles. The molecular weight excluding hydrogens is 184 g/mol. The van der Waals surface area contributed by atoms with Crippen molar-refractivity contribution in [3.8, 4) is 11.3 Å². The number of benzene rings is 1. The highest BCUT2D eigenvalue weighted by Gasteiger charge is 2.11. The molecule has 2 heteroatoms. The molecule has 0 fully saturated rings. The van der Waals surface area contributed by atoms with Gasteiger partial charge in [-0.05, 0) is 18.9 Å².